The number of amides is 1. The number of aryl methyl sites for hydroxylation is 1. The summed E-state index contributed by atoms with van der Waals surface area (Å²) in [5.74, 6) is -0.342. The number of nitrogens with one attached hydrogen (secondary N) is 1. The van der Waals surface area contributed by atoms with Crippen LogP contribution in [0.25, 0.3) is 11.2 Å². The van der Waals surface area contributed by atoms with Gasteiger partial charge in [-0.1, -0.05) is 57.0 Å². The molecule has 0 unspecified atom stereocenters. The Morgan fingerprint density at radius 3 is 2.52 bits per heavy atom. The molecule has 2 aromatic heterocycles. The number of hydrogen-bond donors (Lipinski definition) is 1. The molecule has 0 fully saturated rings. The lowest BCUT2D eigenvalue weighted by Gasteiger charge is -2.15. The first-order valence-electron chi connectivity index (χ1n) is 11.0. The molecular weight excluding hydrogens is 394 g/mol. The number of carbonyl (C=O) groups is 1. The zero-order valence-corrected chi connectivity index (χ0v) is 18.5. The second kappa shape index (κ2) is 10.2. The van der Waals surface area contributed by atoms with Gasteiger partial charge in [0.25, 0.3) is 5.56 Å². The van der Waals surface area contributed by atoms with Crippen LogP contribution in [-0.4, -0.2) is 30.6 Å². The molecule has 0 radical (unpaired) electrons. The Hall–Kier alpha value is -3.16. The topological polar surface area (TPSA) is 90.9 Å². The molecule has 3 aromatic rings. The third-order valence-electron chi connectivity index (χ3n) is 5.35. The number of aromatic nitrogens is 4. The van der Waals surface area contributed by atoms with Gasteiger partial charge in [0.2, 0.25) is 5.91 Å². The Kier molecular flexibility index (Phi) is 7.44. The van der Waals surface area contributed by atoms with Gasteiger partial charge < -0.3 is 9.88 Å². The summed E-state index contributed by atoms with van der Waals surface area (Å²) in [7, 11) is 0. The highest BCUT2D eigenvalue weighted by Crippen LogP contribution is 2.11. The fourth-order valence-corrected chi connectivity index (χ4v) is 3.75. The molecule has 0 saturated carbocycles. The molecule has 1 aromatic carbocycles. The Labute approximate surface area is 181 Å². The molecule has 0 aliphatic rings. The molecule has 0 bridgehead atoms. The van der Waals surface area contributed by atoms with Crippen LogP contribution >= 0.6 is 0 Å². The van der Waals surface area contributed by atoms with Crippen LogP contribution in [0.5, 0.6) is 0 Å². The Morgan fingerprint density at radius 1 is 1.10 bits per heavy atom. The lowest BCUT2D eigenvalue weighted by atomic mass is 10.2. The summed E-state index contributed by atoms with van der Waals surface area (Å²) < 4.78 is 4.30. The van der Waals surface area contributed by atoms with E-state index >= 15 is 0 Å². The fraction of sp³-hybridized carbons (Fsp3) is 0.478. The molecule has 3 rings (SSSR count). The molecule has 1 N–H and O–H groups in total. The maximum Gasteiger partial charge on any atom is 0.333 e. The van der Waals surface area contributed by atoms with Crippen LogP contribution in [0.1, 0.15) is 52.0 Å². The number of rotatable bonds is 10. The van der Waals surface area contributed by atoms with E-state index in [4.69, 9.17) is 0 Å². The minimum Gasteiger partial charge on any atom is -0.352 e. The van der Waals surface area contributed by atoms with Gasteiger partial charge in [-0.3, -0.25) is 14.2 Å². The van der Waals surface area contributed by atoms with Gasteiger partial charge in [-0.25, -0.2) is 14.3 Å². The van der Waals surface area contributed by atoms with E-state index in [0.717, 1.165) is 35.8 Å². The van der Waals surface area contributed by atoms with Crippen LogP contribution in [0, 0.1) is 0 Å². The minimum atomic E-state index is -0.527. The first kappa shape index (κ1) is 22.5. The van der Waals surface area contributed by atoms with E-state index in [1.807, 2.05) is 44.2 Å². The fourth-order valence-electron chi connectivity index (χ4n) is 3.75. The molecule has 0 aliphatic carbocycles. The van der Waals surface area contributed by atoms with Crippen molar-refractivity contribution in [2.45, 2.75) is 72.1 Å². The average Bonchev–Trinajstić information content (AvgIpc) is 3.17. The van der Waals surface area contributed by atoms with E-state index in [-0.39, 0.29) is 25.0 Å². The maximum atomic E-state index is 13.3. The largest absolute Gasteiger partial charge is 0.352 e. The van der Waals surface area contributed by atoms with E-state index < -0.39 is 11.2 Å². The zero-order chi connectivity index (χ0) is 22.4. The van der Waals surface area contributed by atoms with Crippen molar-refractivity contribution in [2.24, 2.45) is 0 Å². The molecule has 1 amide bonds. The van der Waals surface area contributed by atoms with Gasteiger partial charge in [0.15, 0.2) is 11.2 Å². The van der Waals surface area contributed by atoms with Crippen LogP contribution in [-0.2, 0) is 24.4 Å². The maximum absolute atomic E-state index is 13.3. The van der Waals surface area contributed by atoms with Crippen molar-refractivity contribution in [3.05, 3.63) is 63.1 Å². The summed E-state index contributed by atoms with van der Waals surface area (Å²) in [4.78, 5) is 43.5. The van der Waals surface area contributed by atoms with Crippen molar-refractivity contribution in [2.75, 3.05) is 0 Å². The summed E-state index contributed by atoms with van der Waals surface area (Å²) in [6.45, 7) is 6.63. The van der Waals surface area contributed by atoms with Crippen molar-refractivity contribution in [3.63, 3.8) is 0 Å². The first-order valence-corrected chi connectivity index (χ1v) is 11.0. The zero-order valence-electron chi connectivity index (χ0n) is 18.5. The van der Waals surface area contributed by atoms with E-state index in [9.17, 15) is 14.4 Å². The van der Waals surface area contributed by atoms with E-state index in [1.165, 1.54) is 4.57 Å². The van der Waals surface area contributed by atoms with Gasteiger partial charge in [0.1, 0.15) is 6.54 Å². The molecule has 1 atom stereocenters. The van der Waals surface area contributed by atoms with Crippen LogP contribution in [0.3, 0.4) is 0 Å². The quantitative estimate of drug-likeness (QED) is 0.540. The van der Waals surface area contributed by atoms with Crippen LogP contribution < -0.4 is 16.6 Å². The Morgan fingerprint density at radius 2 is 1.84 bits per heavy atom. The van der Waals surface area contributed by atoms with Crippen molar-refractivity contribution in [1.29, 1.82) is 0 Å². The average molecular weight is 426 g/mol. The van der Waals surface area contributed by atoms with Gasteiger partial charge >= 0.3 is 5.69 Å². The molecule has 31 heavy (non-hydrogen) atoms. The Balaban J connectivity index is 2.08. The second-order valence-corrected chi connectivity index (χ2v) is 7.97. The standard InChI is InChI=1S/C23H31N5O3/c1-4-6-13-26-16-24-21-20(26)22(30)28(15-19(29)25-17(3)10-5-2)23(31)27(21)14-18-11-8-7-9-12-18/h7-9,11-12,16-17H,4-6,10,13-15H2,1-3H3,(H,25,29)/t17-/m0/s1. The number of carbonyl (C=O) groups excluding carboxylic acids is 1. The van der Waals surface area contributed by atoms with Crippen molar-refractivity contribution < 1.29 is 4.79 Å². The van der Waals surface area contributed by atoms with Gasteiger partial charge in [0, 0.05) is 12.6 Å². The summed E-state index contributed by atoms with van der Waals surface area (Å²) in [6, 6.07) is 9.52. The number of imidazole rings is 1. The van der Waals surface area contributed by atoms with Gasteiger partial charge in [-0.2, -0.15) is 0 Å². The number of unbranched alkanes of at least 4 members (excludes halogenated alkanes) is 1. The Bertz CT molecular complexity index is 1140. The SMILES string of the molecule is CCCCn1cnc2c1c(=O)n(CC(=O)N[C@@H](C)CCC)c(=O)n2Cc1ccccc1. The monoisotopic (exact) mass is 425 g/mol. The molecule has 0 aliphatic heterocycles. The second-order valence-electron chi connectivity index (χ2n) is 7.97. The normalized spacial score (nSPS) is 12.2. The summed E-state index contributed by atoms with van der Waals surface area (Å²) >= 11 is 0. The number of fused-ring (bicyclic) bond motifs is 1. The highest BCUT2D eigenvalue weighted by Gasteiger charge is 2.20. The molecule has 0 spiro atoms. The predicted octanol–water partition coefficient (Wildman–Crippen LogP) is 2.51. The van der Waals surface area contributed by atoms with Crippen LogP contribution in [0.4, 0.5) is 0 Å². The number of benzene rings is 1. The molecular formula is C23H31N5O3. The van der Waals surface area contributed by atoms with Gasteiger partial charge in [-0.05, 0) is 25.3 Å². The molecule has 8 nitrogen and oxygen atoms in total. The van der Waals surface area contributed by atoms with Gasteiger partial charge in [-0.15, -0.1) is 0 Å². The van der Waals surface area contributed by atoms with Crippen molar-refractivity contribution in [3.8, 4) is 0 Å². The molecule has 8 heteroatoms. The minimum absolute atomic E-state index is 0.0152. The van der Waals surface area contributed by atoms with Crippen molar-refractivity contribution >= 4 is 17.1 Å². The summed E-state index contributed by atoms with van der Waals surface area (Å²) in [5.41, 5.74) is 0.626. The molecule has 166 valence electrons. The molecule has 2 heterocycles. The lowest BCUT2D eigenvalue weighted by molar-refractivity contribution is -0.122. The first-order chi connectivity index (χ1) is 15.0. The molecule has 0 saturated heterocycles. The van der Waals surface area contributed by atoms with Crippen LogP contribution in [0.2, 0.25) is 0 Å². The number of nitrogens with zero attached hydrogens (tertiary/aromatic N) is 4. The number of hydrogen-bond acceptors (Lipinski definition) is 4. The lowest BCUT2D eigenvalue weighted by Crippen LogP contribution is -2.45. The summed E-state index contributed by atoms with van der Waals surface area (Å²) in [6.07, 6.45) is 5.24. The van der Waals surface area contributed by atoms with E-state index in [1.54, 1.807) is 10.9 Å². The van der Waals surface area contributed by atoms with E-state index in [0.29, 0.717) is 17.7 Å². The third kappa shape index (κ3) is 5.13. The van der Waals surface area contributed by atoms with Crippen molar-refractivity contribution in [1.82, 2.24) is 24.0 Å². The smallest absolute Gasteiger partial charge is 0.333 e. The highest BCUT2D eigenvalue weighted by molar-refractivity contribution is 5.77. The van der Waals surface area contributed by atoms with Gasteiger partial charge in [0.05, 0.1) is 12.9 Å². The summed E-state index contributed by atoms with van der Waals surface area (Å²) in [5, 5.41) is 2.87. The van der Waals surface area contributed by atoms with Crippen LogP contribution in [0.15, 0.2) is 46.2 Å². The van der Waals surface area contributed by atoms with E-state index in [2.05, 4.69) is 17.2 Å². The highest BCUT2D eigenvalue weighted by atomic mass is 16.2. The third-order valence-corrected chi connectivity index (χ3v) is 5.35. The predicted molar refractivity (Wildman–Crippen MR) is 121 cm³/mol.